The minimum atomic E-state index is 0.431. The molecule has 12 heavy (non-hydrogen) atoms. The van der Waals surface area contributed by atoms with Crippen molar-refractivity contribution in [3.63, 3.8) is 0 Å². The molecule has 1 aliphatic heterocycles. The lowest BCUT2D eigenvalue weighted by Gasteiger charge is -2.27. The van der Waals surface area contributed by atoms with Crippen molar-refractivity contribution >= 4 is 7.92 Å². The Kier molecular flexibility index (Phi) is 2.75. The summed E-state index contributed by atoms with van der Waals surface area (Å²) < 4.78 is 0. The molecular formula is C11H21P. The van der Waals surface area contributed by atoms with Crippen LogP contribution in [0.2, 0.25) is 0 Å². The predicted molar refractivity (Wildman–Crippen MR) is 57.3 cm³/mol. The van der Waals surface area contributed by atoms with Crippen LogP contribution in [0, 0.1) is 0 Å². The van der Waals surface area contributed by atoms with E-state index in [-0.39, 0.29) is 0 Å². The number of hydrogen-bond donors (Lipinski definition) is 0. The fraction of sp³-hybridized carbons (Fsp3) is 1.00. The predicted octanol–water partition coefficient (Wildman–Crippen LogP) is 3.98. The van der Waals surface area contributed by atoms with E-state index in [0.29, 0.717) is 7.92 Å². The third-order valence-electron chi connectivity index (χ3n) is 3.77. The molecule has 0 spiro atoms. The van der Waals surface area contributed by atoms with Crippen molar-refractivity contribution in [2.24, 2.45) is 0 Å². The Morgan fingerprint density at radius 3 is 1.83 bits per heavy atom. The topological polar surface area (TPSA) is 0 Å². The summed E-state index contributed by atoms with van der Waals surface area (Å²) in [4.78, 5) is 0. The van der Waals surface area contributed by atoms with Gasteiger partial charge in [0.25, 0.3) is 0 Å². The number of rotatable bonds is 1. The van der Waals surface area contributed by atoms with Gasteiger partial charge in [0.05, 0.1) is 0 Å². The van der Waals surface area contributed by atoms with Crippen LogP contribution in [-0.4, -0.2) is 17.0 Å². The number of hydrogen-bond acceptors (Lipinski definition) is 0. The maximum atomic E-state index is 2.51. The molecule has 0 aromatic rings. The van der Waals surface area contributed by atoms with Gasteiger partial charge >= 0.3 is 0 Å². The first-order chi connectivity index (χ1) is 5.79. The molecule has 0 nitrogen and oxygen atoms in total. The second-order valence-electron chi connectivity index (χ2n) is 4.66. The van der Waals surface area contributed by atoms with Gasteiger partial charge in [0, 0.05) is 0 Å². The average Bonchev–Trinajstić information content (AvgIpc) is 2.61. The highest BCUT2D eigenvalue weighted by atomic mass is 31.1. The van der Waals surface area contributed by atoms with Gasteiger partial charge in [0.1, 0.15) is 0 Å². The van der Waals surface area contributed by atoms with Gasteiger partial charge in [0.15, 0.2) is 0 Å². The highest BCUT2D eigenvalue weighted by molar-refractivity contribution is 7.60. The van der Waals surface area contributed by atoms with Crippen molar-refractivity contribution in [2.45, 2.75) is 69.3 Å². The van der Waals surface area contributed by atoms with Gasteiger partial charge in [-0.15, -0.1) is 0 Å². The summed E-state index contributed by atoms with van der Waals surface area (Å²) in [7, 11) is 0.431. The zero-order valence-corrected chi connectivity index (χ0v) is 9.32. The molecule has 70 valence electrons. The Labute approximate surface area is 77.9 Å². The van der Waals surface area contributed by atoms with Gasteiger partial charge in [0.2, 0.25) is 0 Å². The van der Waals surface area contributed by atoms with E-state index in [2.05, 4.69) is 13.8 Å². The summed E-state index contributed by atoms with van der Waals surface area (Å²) in [6.07, 6.45) is 9.26. The molecule has 2 rings (SSSR count). The van der Waals surface area contributed by atoms with Gasteiger partial charge in [-0.05, 0) is 42.7 Å². The summed E-state index contributed by atoms with van der Waals surface area (Å²) in [5, 5.41) is 0. The maximum Gasteiger partial charge on any atom is -0.0204 e. The van der Waals surface area contributed by atoms with Gasteiger partial charge < -0.3 is 0 Å². The Bertz CT molecular complexity index is 139. The zero-order valence-electron chi connectivity index (χ0n) is 8.42. The fourth-order valence-electron chi connectivity index (χ4n) is 3.14. The van der Waals surface area contributed by atoms with Crippen molar-refractivity contribution < 1.29 is 0 Å². The standard InChI is InChI=1S/C11H21P/c1-9-7-8-10(2)12(9)11-5-3-4-6-11/h9-11H,3-8H2,1-2H3/t9-,10-/m0/s1. The second-order valence-corrected chi connectivity index (χ2v) is 8.05. The lowest BCUT2D eigenvalue weighted by Crippen LogP contribution is -2.09. The zero-order chi connectivity index (χ0) is 8.55. The molecule has 1 heteroatoms. The Morgan fingerprint density at radius 1 is 0.833 bits per heavy atom. The quantitative estimate of drug-likeness (QED) is 0.541. The Balaban J connectivity index is 1.99. The van der Waals surface area contributed by atoms with Crippen molar-refractivity contribution in [1.29, 1.82) is 0 Å². The molecule has 0 unspecified atom stereocenters. The van der Waals surface area contributed by atoms with Crippen LogP contribution in [0.15, 0.2) is 0 Å². The van der Waals surface area contributed by atoms with Crippen LogP contribution in [0.25, 0.3) is 0 Å². The molecule has 1 aliphatic carbocycles. The molecule has 0 N–H and O–H groups in total. The van der Waals surface area contributed by atoms with Crippen LogP contribution in [0.4, 0.5) is 0 Å². The van der Waals surface area contributed by atoms with Crippen LogP contribution < -0.4 is 0 Å². The summed E-state index contributed by atoms with van der Waals surface area (Å²) in [6, 6.07) is 0. The highest BCUT2D eigenvalue weighted by Gasteiger charge is 2.36. The molecule has 2 aliphatic rings. The molecule has 0 amide bonds. The lowest BCUT2D eigenvalue weighted by molar-refractivity contribution is 0.777. The third kappa shape index (κ3) is 1.55. The minimum absolute atomic E-state index is 0.431. The summed E-state index contributed by atoms with van der Waals surface area (Å²) in [6.45, 7) is 5.01. The molecule has 1 saturated carbocycles. The van der Waals surface area contributed by atoms with E-state index in [4.69, 9.17) is 0 Å². The van der Waals surface area contributed by atoms with Gasteiger partial charge in [-0.3, -0.25) is 0 Å². The molecule has 0 aromatic heterocycles. The summed E-state index contributed by atoms with van der Waals surface area (Å²) in [5.41, 5.74) is 3.36. The largest absolute Gasteiger partial charge is 0.0977 e. The van der Waals surface area contributed by atoms with E-state index in [0.717, 1.165) is 11.3 Å². The smallest absolute Gasteiger partial charge is 0.0204 e. The van der Waals surface area contributed by atoms with Gasteiger partial charge in [-0.2, -0.15) is 0 Å². The molecule has 2 fully saturated rings. The van der Waals surface area contributed by atoms with Gasteiger partial charge in [-0.1, -0.05) is 34.6 Å². The third-order valence-corrected chi connectivity index (χ3v) is 7.68. The van der Waals surface area contributed by atoms with Gasteiger partial charge in [-0.25, -0.2) is 0 Å². The van der Waals surface area contributed by atoms with Crippen LogP contribution in [-0.2, 0) is 0 Å². The van der Waals surface area contributed by atoms with E-state index in [1.165, 1.54) is 31.3 Å². The molecular weight excluding hydrogens is 163 g/mol. The first-order valence-corrected chi connectivity index (χ1v) is 7.11. The minimum Gasteiger partial charge on any atom is -0.0977 e. The van der Waals surface area contributed by atoms with Crippen LogP contribution >= 0.6 is 7.92 Å². The Hall–Kier alpha value is 0.430. The molecule has 1 heterocycles. The van der Waals surface area contributed by atoms with Crippen LogP contribution in [0.1, 0.15) is 52.4 Å². The van der Waals surface area contributed by atoms with Crippen molar-refractivity contribution in [3.05, 3.63) is 0 Å². The van der Waals surface area contributed by atoms with Crippen LogP contribution in [0.5, 0.6) is 0 Å². The van der Waals surface area contributed by atoms with Crippen LogP contribution in [0.3, 0.4) is 0 Å². The van der Waals surface area contributed by atoms with E-state index < -0.39 is 0 Å². The molecule has 0 radical (unpaired) electrons. The summed E-state index contributed by atoms with van der Waals surface area (Å²) >= 11 is 0. The molecule has 2 atom stereocenters. The lowest BCUT2D eigenvalue weighted by atomic mass is 10.2. The van der Waals surface area contributed by atoms with E-state index in [1.807, 2.05) is 0 Å². The first kappa shape index (κ1) is 9.00. The fourth-order valence-corrected chi connectivity index (χ4v) is 7.30. The van der Waals surface area contributed by atoms with Crippen molar-refractivity contribution in [1.82, 2.24) is 0 Å². The Morgan fingerprint density at radius 2 is 1.33 bits per heavy atom. The second kappa shape index (κ2) is 3.66. The first-order valence-electron chi connectivity index (χ1n) is 5.56. The monoisotopic (exact) mass is 184 g/mol. The normalized spacial score (nSPS) is 39.5. The van der Waals surface area contributed by atoms with Crippen molar-refractivity contribution in [2.75, 3.05) is 0 Å². The highest BCUT2D eigenvalue weighted by Crippen LogP contribution is 2.62. The van der Waals surface area contributed by atoms with E-state index in [1.54, 1.807) is 12.8 Å². The molecule has 0 aromatic carbocycles. The maximum absolute atomic E-state index is 2.51. The molecule has 0 bridgehead atoms. The van der Waals surface area contributed by atoms with E-state index in [9.17, 15) is 0 Å². The molecule has 1 saturated heterocycles. The SMILES string of the molecule is C[C@H]1CC[C@H](C)P1C1CCCC1. The average molecular weight is 184 g/mol. The summed E-state index contributed by atoms with van der Waals surface area (Å²) in [5.74, 6) is 0. The van der Waals surface area contributed by atoms with Crippen molar-refractivity contribution in [3.8, 4) is 0 Å². The van der Waals surface area contributed by atoms with E-state index >= 15 is 0 Å².